The summed E-state index contributed by atoms with van der Waals surface area (Å²) in [7, 11) is 3.99. The normalized spacial score (nSPS) is 22.2. The van der Waals surface area contributed by atoms with Crippen LogP contribution in [-0.4, -0.2) is 81.1 Å². The Morgan fingerprint density at radius 2 is 1.93 bits per heavy atom. The van der Waals surface area contributed by atoms with E-state index in [0.29, 0.717) is 24.9 Å². The first kappa shape index (κ1) is 21.6. The predicted molar refractivity (Wildman–Crippen MR) is 119 cm³/mol. The van der Waals surface area contributed by atoms with E-state index in [1.165, 1.54) is 5.56 Å². The van der Waals surface area contributed by atoms with Gasteiger partial charge in [0, 0.05) is 70.4 Å². The van der Waals surface area contributed by atoms with E-state index in [-0.39, 0.29) is 11.8 Å². The molecule has 0 saturated carbocycles. The van der Waals surface area contributed by atoms with Crippen molar-refractivity contribution in [2.24, 2.45) is 10.9 Å². The van der Waals surface area contributed by atoms with Crippen LogP contribution in [0.2, 0.25) is 0 Å². The molecule has 2 unspecified atom stereocenters. The fourth-order valence-corrected chi connectivity index (χ4v) is 4.27. The monoisotopic (exact) mass is 400 g/mol. The van der Waals surface area contributed by atoms with Gasteiger partial charge in [-0.25, -0.2) is 0 Å². The van der Waals surface area contributed by atoms with Crippen LogP contribution in [-0.2, 0) is 4.79 Å². The molecule has 2 aliphatic rings. The lowest BCUT2D eigenvalue weighted by atomic mass is 9.90. The first-order chi connectivity index (χ1) is 14.0. The summed E-state index contributed by atoms with van der Waals surface area (Å²) in [6.45, 7) is 10.6. The molecule has 0 aromatic heterocycles. The van der Waals surface area contributed by atoms with Crippen molar-refractivity contribution in [2.75, 3.05) is 58.7 Å². The third-order valence-electron chi connectivity index (χ3n) is 6.10. The predicted octanol–water partition coefficient (Wildman–Crippen LogP) is 1.55. The number of rotatable bonds is 6. The second-order valence-corrected chi connectivity index (χ2v) is 8.52. The van der Waals surface area contributed by atoms with Crippen LogP contribution in [0.25, 0.3) is 0 Å². The lowest BCUT2D eigenvalue weighted by Gasteiger charge is -2.40. The molecule has 29 heavy (non-hydrogen) atoms. The molecule has 7 heteroatoms. The summed E-state index contributed by atoms with van der Waals surface area (Å²) in [6.07, 6.45) is 0.497. The largest absolute Gasteiger partial charge is 0.356 e. The summed E-state index contributed by atoms with van der Waals surface area (Å²) in [5.41, 5.74) is 2.11. The van der Waals surface area contributed by atoms with Gasteiger partial charge in [-0.15, -0.1) is 0 Å². The number of piperazine rings is 1. The Kier molecular flexibility index (Phi) is 7.50. The number of hydrogen-bond donors (Lipinski definition) is 3. The van der Waals surface area contributed by atoms with Gasteiger partial charge >= 0.3 is 0 Å². The highest BCUT2D eigenvalue weighted by atomic mass is 16.1. The van der Waals surface area contributed by atoms with Crippen LogP contribution < -0.4 is 16.0 Å². The molecule has 3 N–H and O–H groups in total. The van der Waals surface area contributed by atoms with Crippen LogP contribution in [0.5, 0.6) is 0 Å². The number of nitrogens with one attached hydrogen (secondary N) is 3. The molecule has 3 rings (SSSR count). The van der Waals surface area contributed by atoms with Gasteiger partial charge in [-0.1, -0.05) is 32.0 Å². The van der Waals surface area contributed by atoms with E-state index >= 15 is 0 Å². The third kappa shape index (κ3) is 5.70. The lowest BCUT2D eigenvalue weighted by Crippen LogP contribution is -2.55. The molecule has 2 heterocycles. The van der Waals surface area contributed by atoms with Gasteiger partial charge in [0.15, 0.2) is 5.96 Å². The minimum atomic E-state index is 0.0772. The fraction of sp³-hybridized carbons (Fsp3) is 0.636. The smallest absolute Gasteiger partial charge is 0.225 e. The minimum absolute atomic E-state index is 0.0772. The molecule has 2 aliphatic heterocycles. The van der Waals surface area contributed by atoms with E-state index in [0.717, 1.165) is 44.4 Å². The molecule has 1 saturated heterocycles. The maximum Gasteiger partial charge on any atom is 0.225 e. The van der Waals surface area contributed by atoms with Crippen LogP contribution in [0, 0.1) is 5.92 Å². The molecular weight excluding hydrogens is 364 g/mol. The summed E-state index contributed by atoms with van der Waals surface area (Å²) in [5.74, 6) is 1.59. The van der Waals surface area contributed by atoms with Crippen molar-refractivity contribution in [3.63, 3.8) is 0 Å². The second-order valence-electron chi connectivity index (χ2n) is 8.52. The van der Waals surface area contributed by atoms with Crippen LogP contribution >= 0.6 is 0 Å². The molecule has 0 spiro atoms. The first-order valence-electron chi connectivity index (χ1n) is 10.7. The summed E-state index contributed by atoms with van der Waals surface area (Å²) in [6, 6.07) is 8.53. The van der Waals surface area contributed by atoms with Gasteiger partial charge < -0.3 is 20.9 Å². The summed E-state index contributed by atoms with van der Waals surface area (Å²) in [4.78, 5) is 21.4. The average molecular weight is 401 g/mol. The van der Waals surface area contributed by atoms with Gasteiger partial charge in [0.2, 0.25) is 5.91 Å². The summed E-state index contributed by atoms with van der Waals surface area (Å²) in [5, 5.41) is 9.92. The van der Waals surface area contributed by atoms with E-state index in [2.05, 4.69) is 57.7 Å². The SMILES string of the molecule is CN=C(NCC1CC(=O)Nc2ccccc21)NCC(C(C)C)N1CCN(C)CC1. The molecule has 1 amide bonds. The summed E-state index contributed by atoms with van der Waals surface area (Å²) < 4.78 is 0. The van der Waals surface area contributed by atoms with Crippen LogP contribution in [0.1, 0.15) is 31.7 Å². The van der Waals surface area contributed by atoms with Crippen LogP contribution in [0.4, 0.5) is 5.69 Å². The van der Waals surface area contributed by atoms with Crippen molar-refractivity contribution < 1.29 is 4.79 Å². The van der Waals surface area contributed by atoms with Crippen molar-refractivity contribution >= 4 is 17.6 Å². The number of fused-ring (bicyclic) bond motifs is 1. The van der Waals surface area contributed by atoms with Crippen molar-refractivity contribution in [2.45, 2.75) is 32.2 Å². The maximum absolute atomic E-state index is 12.0. The number of likely N-dealkylation sites (N-methyl/N-ethyl adjacent to an activating group) is 1. The number of carbonyl (C=O) groups is 1. The molecule has 0 aliphatic carbocycles. The Balaban J connectivity index is 1.55. The number of benzene rings is 1. The van der Waals surface area contributed by atoms with E-state index in [9.17, 15) is 4.79 Å². The summed E-state index contributed by atoms with van der Waals surface area (Å²) >= 11 is 0. The Bertz CT molecular complexity index is 711. The van der Waals surface area contributed by atoms with Crippen LogP contribution in [0.15, 0.2) is 29.3 Å². The zero-order valence-electron chi connectivity index (χ0n) is 18.2. The number of guanidine groups is 1. The van der Waals surface area contributed by atoms with Crippen molar-refractivity contribution in [1.29, 1.82) is 0 Å². The molecule has 1 aromatic rings. The Labute approximate surface area is 174 Å². The number of nitrogens with zero attached hydrogens (tertiary/aromatic N) is 3. The van der Waals surface area contributed by atoms with Crippen LogP contribution in [0.3, 0.4) is 0 Å². The Morgan fingerprint density at radius 1 is 1.21 bits per heavy atom. The zero-order chi connectivity index (χ0) is 20.8. The average Bonchev–Trinajstić information content (AvgIpc) is 2.71. The zero-order valence-corrected chi connectivity index (χ0v) is 18.2. The van der Waals surface area contributed by atoms with E-state index in [4.69, 9.17) is 0 Å². The third-order valence-corrected chi connectivity index (χ3v) is 6.10. The van der Waals surface area contributed by atoms with Gasteiger partial charge in [0.05, 0.1) is 0 Å². The van der Waals surface area contributed by atoms with Gasteiger partial charge in [0.25, 0.3) is 0 Å². The Morgan fingerprint density at radius 3 is 2.62 bits per heavy atom. The van der Waals surface area contributed by atoms with Gasteiger partial charge in [-0.3, -0.25) is 14.7 Å². The molecular formula is C22H36N6O. The van der Waals surface area contributed by atoms with E-state index < -0.39 is 0 Å². The number of carbonyl (C=O) groups excluding carboxylic acids is 1. The number of amides is 1. The fourth-order valence-electron chi connectivity index (χ4n) is 4.27. The number of aliphatic imine (C=N–C) groups is 1. The molecule has 0 radical (unpaired) electrons. The van der Waals surface area contributed by atoms with Crippen molar-refractivity contribution in [3.05, 3.63) is 29.8 Å². The standard InChI is InChI=1S/C22H36N6O/c1-16(2)20(28-11-9-27(4)10-12-28)15-25-22(23-3)24-14-17-13-21(29)26-19-8-6-5-7-18(17)19/h5-8,16-17,20H,9-15H2,1-4H3,(H,26,29)(H2,23,24,25). The highest BCUT2D eigenvalue weighted by Gasteiger charge is 2.26. The molecule has 1 aromatic carbocycles. The van der Waals surface area contributed by atoms with Crippen molar-refractivity contribution in [1.82, 2.24) is 20.4 Å². The van der Waals surface area contributed by atoms with E-state index in [1.807, 2.05) is 18.2 Å². The van der Waals surface area contributed by atoms with Crippen molar-refractivity contribution in [3.8, 4) is 0 Å². The molecule has 1 fully saturated rings. The molecule has 7 nitrogen and oxygen atoms in total. The van der Waals surface area contributed by atoms with Gasteiger partial charge in [-0.2, -0.15) is 0 Å². The minimum Gasteiger partial charge on any atom is -0.356 e. The number of hydrogen-bond acceptors (Lipinski definition) is 4. The highest BCUT2D eigenvalue weighted by molar-refractivity contribution is 5.94. The number of anilines is 1. The maximum atomic E-state index is 12.0. The Hall–Kier alpha value is -2.12. The molecule has 0 bridgehead atoms. The highest BCUT2D eigenvalue weighted by Crippen LogP contribution is 2.31. The lowest BCUT2D eigenvalue weighted by molar-refractivity contribution is -0.116. The van der Waals surface area contributed by atoms with E-state index in [1.54, 1.807) is 7.05 Å². The molecule has 160 valence electrons. The first-order valence-corrected chi connectivity index (χ1v) is 10.7. The topological polar surface area (TPSA) is 72.0 Å². The van der Waals surface area contributed by atoms with Gasteiger partial charge in [0.1, 0.15) is 0 Å². The van der Waals surface area contributed by atoms with Gasteiger partial charge in [-0.05, 0) is 24.6 Å². The quantitative estimate of drug-likeness (QED) is 0.499. The molecule has 2 atom stereocenters. The number of para-hydroxylation sites is 1. The second kappa shape index (κ2) is 10.1.